The molecule has 0 aliphatic carbocycles. The highest BCUT2D eigenvalue weighted by Crippen LogP contribution is 2.21. The number of nitrogens with zero attached hydrogens (tertiary/aromatic N) is 2. The van der Waals surface area contributed by atoms with E-state index in [9.17, 15) is 4.39 Å². The van der Waals surface area contributed by atoms with Crippen molar-refractivity contribution in [1.82, 2.24) is 9.97 Å². The molecule has 2 rings (SSSR count). The molecule has 18 heavy (non-hydrogen) atoms. The standard InChI is InChI=1S/C13H16FN3O/c1-2-10(5-6-18)17-13-11-7-9(14)3-4-12(11)15-8-16-13/h3-4,7-8,10,18H,2,5-6H2,1H3,(H,15,16,17). The van der Waals surface area contributed by atoms with Crippen molar-refractivity contribution in [3.05, 3.63) is 30.3 Å². The molecule has 2 N–H and O–H groups in total. The smallest absolute Gasteiger partial charge is 0.137 e. The van der Waals surface area contributed by atoms with E-state index in [1.54, 1.807) is 6.07 Å². The lowest BCUT2D eigenvalue weighted by Crippen LogP contribution is -2.20. The van der Waals surface area contributed by atoms with Crippen molar-refractivity contribution in [3.8, 4) is 0 Å². The summed E-state index contributed by atoms with van der Waals surface area (Å²) in [6, 6.07) is 4.55. The number of nitrogens with one attached hydrogen (secondary N) is 1. The van der Waals surface area contributed by atoms with Crippen molar-refractivity contribution in [2.45, 2.75) is 25.8 Å². The molecule has 0 saturated heterocycles. The molecule has 0 spiro atoms. The molecule has 4 nitrogen and oxygen atoms in total. The summed E-state index contributed by atoms with van der Waals surface area (Å²) in [5.74, 6) is 0.301. The molecule has 1 atom stereocenters. The second kappa shape index (κ2) is 5.73. The summed E-state index contributed by atoms with van der Waals surface area (Å²) in [4.78, 5) is 8.24. The molecule has 0 bridgehead atoms. The topological polar surface area (TPSA) is 58.0 Å². The summed E-state index contributed by atoms with van der Waals surface area (Å²) >= 11 is 0. The molecular weight excluding hydrogens is 233 g/mol. The van der Waals surface area contributed by atoms with E-state index in [2.05, 4.69) is 15.3 Å². The summed E-state index contributed by atoms with van der Waals surface area (Å²) < 4.78 is 13.3. The van der Waals surface area contributed by atoms with Gasteiger partial charge in [0.1, 0.15) is 18.0 Å². The molecule has 96 valence electrons. The number of anilines is 1. The summed E-state index contributed by atoms with van der Waals surface area (Å²) in [5, 5.41) is 12.9. The summed E-state index contributed by atoms with van der Waals surface area (Å²) in [7, 11) is 0. The van der Waals surface area contributed by atoms with E-state index in [0.717, 1.165) is 6.42 Å². The van der Waals surface area contributed by atoms with Gasteiger partial charge in [0.05, 0.1) is 5.52 Å². The van der Waals surface area contributed by atoms with E-state index < -0.39 is 0 Å². The van der Waals surface area contributed by atoms with Crippen LogP contribution in [0, 0.1) is 5.82 Å². The van der Waals surface area contributed by atoms with Crippen molar-refractivity contribution in [2.75, 3.05) is 11.9 Å². The van der Waals surface area contributed by atoms with Gasteiger partial charge in [0.15, 0.2) is 0 Å². The number of fused-ring (bicyclic) bond motifs is 1. The molecule has 0 saturated carbocycles. The SMILES string of the molecule is CCC(CCO)Nc1ncnc2ccc(F)cc12. The van der Waals surface area contributed by atoms with Crippen LogP contribution in [0.3, 0.4) is 0 Å². The predicted molar refractivity (Wildman–Crippen MR) is 68.9 cm³/mol. The van der Waals surface area contributed by atoms with Crippen LogP contribution < -0.4 is 5.32 Å². The van der Waals surface area contributed by atoms with Gasteiger partial charge in [-0.2, -0.15) is 0 Å². The highest BCUT2D eigenvalue weighted by atomic mass is 19.1. The van der Waals surface area contributed by atoms with Crippen LogP contribution in [-0.2, 0) is 0 Å². The van der Waals surface area contributed by atoms with Crippen LogP contribution in [0.2, 0.25) is 0 Å². The van der Waals surface area contributed by atoms with Crippen molar-refractivity contribution >= 4 is 16.7 Å². The zero-order chi connectivity index (χ0) is 13.0. The van der Waals surface area contributed by atoms with E-state index in [1.807, 2.05) is 6.92 Å². The molecule has 0 aliphatic rings. The molecule has 1 heterocycles. The molecular formula is C13H16FN3O. The Kier molecular flexibility index (Phi) is 4.04. The number of aromatic nitrogens is 2. The first-order valence-electron chi connectivity index (χ1n) is 6.02. The molecule has 1 aromatic carbocycles. The Morgan fingerprint density at radius 2 is 2.22 bits per heavy atom. The van der Waals surface area contributed by atoms with Gasteiger partial charge >= 0.3 is 0 Å². The van der Waals surface area contributed by atoms with Gasteiger partial charge in [-0.3, -0.25) is 0 Å². The van der Waals surface area contributed by atoms with Gasteiger partial charge in [-0.05, 0) is 31.0 Å². The van der Waals surface area contributed by atoms with Gasteiger partial charge in [0.2, 0.25) is 0 Å². The Bertz CT molecular complexity index is 533. The molecule has 2 aromatic rings. The van der Waals surface area contributed by atoms with Crippen LogP contribution in [0.4, 0.5) is 10.2 Å². The number of benzene rings is 1. The first-order chi connectivity index (χ1) is 8.74. The summed E-state index contributed by atoms with van der Waals surface area (Å²) in [6.07, 6.45) is 2.95. The third-order valence-electron chi connectivity index (χ3n) is 2.91. The maximum absolute atomic E-state index is 13.3. The van der Waals surface area contributed by atoms with Crippen LogP contribution >= 0.6 is 0 Å². The number of hydrogen-bond donors (Lipinski definition) is 2. The summed E-state index contributed by atoms with van der Waals surface area (Å²) in [6.45, 7) is 2.14. The number of halogens is 1. The minimum Gasteiger partial charge on any atom is -0.396 e. The van der Waals surface area contributed by atoms with Crippen molar-refractivity contribution in [2.24, 2.45) is 0 Å². The van der Waals surface area contributed by atoms with Crippen molar-refractivity contribution < 1.29 is 9.50 Å². The average molecular weight is 249 g/mol. The quantitative estimate of drug-likeness (QED) is 0.854. The van der Waals surface area contributed by atoms with E-state index >= 15 is 0 Å². The highest BCUT2D eigenvalue weighted by molar-refractivity contribution is 5.88. The number of aliphatic hydroxyl groups excluding tert-OH is 1. The molecule has 5 heteroatoms. The third-order valence-corrected chi connectivity index (χ3v) is 2.91. The lowest BCUT2D eigenvalue weighted by Gasteiger charge is -2.17. The highest BCUT2D eigenvalue weighted by Gasteiger charge is 2.10. The Morgan fingerprint density at radius 3 is 2.94 bits per heavy atom. The molecule has 0 amide bonds. The number of aliphatic hydroxyl groups is 1. The second-order valence-electron chi connectivity index (χ2n) is 4.15. The third kappa shape index (κ3) is 2.73. The zero-order valence-corrected chi connectivity index (χ0v) is 10.2. The number of rotatable bonds is 5. The van der Waals surface area contributed by atoms with E-state index in [-0.39, 0.29) is 18.5 Å². The largest absolute Gasteiger partial charge is 0.396 e. The van der Waals surface area contributed by atoms with Gasteiger partial charge < -0.3 is 10.4 Å². The minimum absolute atomic E-state index is 0.114. The molecule has 1 aromatic heterocycles. The first-order valence-corrected chi connectivity index (χ1v) is 6.02. The first kappa shape index (κ1) is 12.7. The van der Waals surface area contributed by atoms with Gasteiger partial charge in [-0.25, -0.2) is 14.4 Å². The Balaban J connectivity index is 2.34. The molecule has 0 radical (unpaired) electrons. The monoisotopic (exact) mass is 249 g/mol. The average Bonchev–Trinajstić information content (AvgIpc) is 2.38. The van der Waals surface area contributed by atoms with Gasteiger partial charge in [0.25, 0.3) is 0 Å². The van der Waals surface area contributed by atoms with Crippen LogP contribution in [0.25, 0.3) is 10.9 Å². The van der Waals surface area contributed by atoms with E-state index in [4.69, 9.17) is 5.11 Å². The van der Waals surface area contributed by atoms with E-state index in [0.29, 0.717) is 23.1 Å². The number of hydrogen-bond acceptors (Lipinski definition) is 4. The zero-order valence-electron chi connectivity index (χ0n) is 10.2. The molecule has 1 unspecified atom stereocenters. The van der Waals surface area contributed by atoms with Gasteiger partial charge in [0, 0.05) is 18.0 Å². The lowest BCUT2D eigenvalue weighted by atomic mass is 10.1. The van der Waals surface area contributed by atoms with Gasteiger partial charge in [-0.15, -0.1) is 0 Å². The van der Waals surface area contributed by atoms with E-state index in [1.165, 1.54) is 18.5 Å². The Labute approximate surface area is 105 Å². The second-order valence-corrected chi connectivity index (χ2v) is 4.15. The lowest BCUT2D eigenvalue weighted by molar-refractivity contribution is 0.278. The van der Waals surface area contributed by atoms with Crippen LogP contribution in [0.1, 0.15) is 19.8 Å². The van der Waals surface area contributed by atoms with Crippen molar-refractivity contribution in [1.29, 1.82) is 0 Å². The normalized spacial score (nSPS) is 12.6. The van der Waals surface area contributed by atoms with Crippen LogP contribution in [-0.4, -0.2) is 27.7 Å². The Morgan fingerprint density at radius 1 is 1.39 bits per heavy atom. The van der Waals surface area contributed by atoms with Crippen LogP contribution in [0.5, 0.6) is 0 Å². The van der Waals surface area contributed by atoms with Crippen LogP contribution in [0.15, 0.2) is 24.5 Å². The summed E-state index contributed by atoms with van der Waals surface area (Å²) in [5.41, 5.74) is 0.702. The predicted octanol–water partition coefficient (Wildman–Crippen LogP) is 2.34. The van der Waals surface area contributed by atoms with Gasteiger partial charge in [-0.1, -0.05) is 6.92 Å². The maximum Gasteiger partial charge on any atom is 0.137 e. The fraction of sp³-hybridized carbons (Fsp3) is 0.385. The Hall–Kier alpha value is -1.75. The molecule has 0 fully saturated rings. The van der Waals surface area contributed by atoms with Crippen molar-refractivity contribution in [3.63, 3.8) is 0 Å². The minimum atomic E-state index is -0.310. The fourth-order valence-corrected chi connectivity index (χ4v) is 1.87. The maximum atomic E-state index is 13.3. The fourth-order valence-electron chi connectivity index (χ4n) is 1.87. The molecule has 0 aliphatic heterocycles.